The van der Waals surface area contributed by atoms with E-state index in [2.05, 4.69) is 10.6 Å². The van der Waals surface area contributed by atoms with Crippen LogP contribution in [-0.4, -0.2) is 11.8 Å². The standard InChI is InChI=1S/C15H19N3O2/c16-15(9-3-1-2-4-9)10-5-6-11-12(7-10)18-14(20)8-13(19)17-11/h5-7,9,15H,1-4,8,16H2,(H,17,19)(H,18,20). The summed E-state index contributed by atoms with van der Waals surface area (Å²) >= 11 is 0. The highest BCUT2D eigenvalue weighted by molar-refractivity contribution is 6.13. The summed E-state index contributed by atoms with van der Waals surface area (Å²) in [6.07, 6.45) is 4.69. The highest BCUT2D eigenvalue weighted by Crippen LogP contribution is 2.36. The van der Waals surface area contributed by atoms with Crippen molar-refractivity contribution in [2.45, 2.75) is 38.1 Å². The topological polar surface area (TPSA) is 84.2 Å². The fraction of sp³-hybridized carbons (Fsp3) is 0.467. The molecule has 0 saturated heterocycles. The van der Waals surface area contributed by atoms with E-state index in [4.69, 9.17) is 5.73 Å². The van der Waals surface area contributed by atoms with E-state index in [-0.39, 0.29) is 24.3 Å². The number of carbonyl (C=O) groups is 2. The second-order valence-electron chi connectivity index (χ2n) is 5.65. The highest BCUT2D eigenvalue weighted by Gasteiger charge is 2.25. The van der Waals surface area contributed by atoms with E-state index in [1.807, 2.05) is 18.2 Å². The van der Waals surface area contributed by atoms with Crippen molar-refractivity contribution in [3.8, 4) is 0 Å². The zero-order valence-electron chi connectivity index (χ0n) is 11.3. The molecule has 1 atom stereocenters. The number of nitrogens with two attached hydrogens (primary N) is 1. The summed E-state index contributed by atoms with van der Waals surface area (Å²) in [6, 6.07) is 5.66. The van der Waals surface area contributed by atoms with Crippen molar-refractivity contribution >= 4 is 23.2 Å². The van der Waals surface area contributed by atoms with Crippen LogP contribution in [0, 0.1) is 5.92 Å². The Bertz CT molecular complexity index is 550. The Morgan fingerprint density at radius 1 is 1.05 bits per heavy atom. The Morgan fingerprint density at radius 3 is 2.40 bits per heavy atom. The number of hydrogen-bond donors (Lipinski definition) is 3. The average molecular weight is 273 g/mol. The third-order valence-corrected chi connectivity index (χ3v) is 4.21. The van der Waals surface area contributed by atoms with Gasteiger partial charge in [0.25, 0.3) is 0 Å². The minimum Gasteiger partial charge on any atom is -0.324 e. The molecule has 5 nitrogen and oxygen atoms in total. The minimum atomic E-state index is -0.284. The number of nitrogens with one attached hydrogen (secondary N) is 2. The summed E-state index contributed by atoms with van der Waals surface area (Å²) in [7, 11) is 0. The molecular weight excluding hydrogens is 254 g/mol. The monoisotopic (exact) mass is 273 g/mol. The van der Waals surface area contributed by atoms with Gasteiger partial charge in [0.15, 0.2) is 0 Å². The Morgan fingerprint density at radius 2 is 1.70 bits per heavy atom. The fourth-order valence-electron chi connectivity index (χ4n) is 3.10. The summed E-state index contributed by atoms with van der Waals surface area (Å²) < 4.78 is 0. The summed E-state index contributed by atoms with van der Waals surface area (Å²) in [5.41, 5.74) is 8.64. The number of anilines is 2. The molecule has 1 aliphatic heterocycles. The zero-order valence-corrected chi connectivity index (χ0v) is 11.3. The number of benzene rings is 1. The van der Waals surface area contributed by atoms with Crippen molar-refractivity contribution in [1.82, 2.24) is 0 Å². The Kier molecular flexibility index (Phi) is 3.44. The van der Waals surface area contributed by atoms with Gasteiger partial charge in [0.05, 0.1) is 11.4 Å². The van der Waals surface area contributed by atoms with E-state index in [0.29, 0.717) is 17.3 Å². The summed E-state index contributed by atoms with van der Waals surface area (Å²) in [6.45, 7) is 0. The van der Waals surface area contributed by atoms with E-state index in [1.165, 1.54) is 25.7 Å². The van der Waals surface area contributed by atoms with Crippen LogP contribution >= 0.6 is 0 Å². The predicted molar refractivity (Wildman–Crippen MR) is 77.2 cm³/mol. The first-order valence-corrected chi connectivity index (χ1v) is 7.13. The SMILES string of the molecule is NC(c1ccc2c(c1)NC(=O)CC(=O)N2)C1CCCC1. The van der Waals surface area contributed by atoms with Crippen LogP contribution in [0.3, 0.4) is 0 Å². The van der Waals surface area contributed by atoms with Crippen molar-refractivity contribution in [3.05, 3.63) is 23.8 Å². The van der Waals surface area contributed by atoms with Gasteiger partial charge in [-0.3, -0.25) is 9.59 Å². The van der Waals surface area contributed by atoms with Gasteiger partial charge in [-0.2, -0.15) is 0 Å². The van der Waals surface area contributed by atoms with E-state index >= 15 is 0 Å². The van der Waals surface area contributed by atoms with Crippen LogP contribution < -0.4 is 16.4 Å². The van der Waals surface area contributed by atoms with Crippen LogP contribution in [0.2, 0.25) is 0 Å². The molecule has 5 heteroatoms. The first-order chi connectivity index (χ1) is 9.63. The number of amides is 2. The maximum absolute atomic E-state index is 11.6. The molecule has 0 bridgehead atoms. The molecule has 0 radical (unpaired) electrons. The third-order valence-electron chi connectivity index (χ3n) is 4.21. The first-order valence-electron chi connectivity index (χ1n) is 7.13. The maximum Gasteiger partial charge on any atom is 0.233 e. The van der Waals surface area contributed by atoms with Crippen LogP contribution in [0.15, 0.2) is 18.2 Å². The molecule has 1 saturated carbocycles. The zero-order chi connectivity index (χ0) is 14.1. The van der Waals surface area contributed by atoms with Gasteiger partial charge in [-0.25, -0.2) is 0 Å². The number of fused-ring (bicyclic) bond motifs is 1. The van der Waals surface area contributed by atoms with E-state index < -0.39 is 0 Å². The quantitative estimate of drug-likeness (QED) is 0.722. The highest BCUT2D eigenvalue weighted by atomic mass is 16.2. The molecule has 106 valence electrons. The Hall–Kier alpha value is -1.88. The molecule has 3 rings (SSSR count). The fourth-order valence-corrected chi connectivity index (χ4v) is 3.10. The second kappa shape index (κ2) is 5.25. The molecule has 2 aliphatic rings. The van der Waals surface area contributed by atoms with Gasteiger partial charge in [-0.05, 0) is 36.5 Å². The molecule has 2 amide bonds. The lowest BCUT2D eigenvalue weighted by Crippen LogP contribution is -2.19. The predicted octanol–water partition coefficient (Wildman–Crippen LogP) is 2.16. The van der Waals surface area contributed by atoms with E-state index in [9.17, 15) is 9.59 Å². The largest absolute Gasteiger partial charge is 0.324 e. The molecule has 0 aromatic heterocycles. The van der Waals surface area contributed by atoms with Crippen molar-refractivity contribution in [2.75, 3.05) is 10.6 Å². The van der Waals surface area contributed by atoms with Crippen LogP contribution in [0.4, 0.5) is 11.4 Å². The van der Waals surface area contributed by atoms with Crippen LogP contribution in [0.5, 0.6) is 0 Å². The van der Waals surface area contributed by atoms with Crippen molar-refractivity contribution in [1.29, 1.82) is 0 Å². The minimum absolute atomic E-state index is 0.00124. The van der Waals surface area contributed by atoms with Crippen molar-refractivity contribution in [3.63, 3.8) is 0 Å². The molecule has 0 spiro atoms. The van der Waals surface area contributed by atoms with Gasteiger partial charge in [-0.1, -0.05) is 18.9 Å². The van der Waals surface area contributed by atoms with Gasteiger partial charge in [-0.15, -0.1) is 0 Å². The molecule has 1 aromatic rings. The second-order valence-corrected chi connectivity index (χ2v) is 5.65. The Balaban J connectivity index is 1.88. The van der Waals surface area contributed by atoms with Gasteiger partial charge in [0, 0.05) is 6.04 Å². The number of carbonyl (C=O) groups excluding carboxylic acids is 2. The first kappa shape index (κ1) is 13.1. The molecule has 20 heavy (non-hydrogen) atoms. The summed E-state index contributed by atoms with van der Waals surface area (Å²) in [5.74, 6) is -0.0500. The molecule has 1 unspecified atom stereocenters. The molecule has 4 N–H and O–H groups in total. The van der Waals surface area contributed by atoms with Crippen LogP contribution in [0.25, 0.3) is 0 Å². The number of hydrogen-bond acceptors (Lipinski definition) is 3. The summed E-state index contributed by atoms with van der Waals surface area (Å²) in [5, 5.41) is 5.49. The van der Waals surface area contributed by atoms with Crippen LogP contribution in [0.1, 0.15) is 43.7 Å². The van der Waals surface area contributed by atoms with E-state index in [0.717, 1.165) is 5.56 Å². The average Bonchev–Trinajstić information content (AvgIpc) is 2.88. The lowest BCUT2D eigenvalue weighted by Gasteiger charge is -2.20. The van der Waals surface area contributed by atoms with E-state index in [1.54, 1.807) is 0 Å². The van der Waals surface area contributed by atoms with Gasteiger partial charge < -0.3 is 16.4 Å². The lowest BCUT2D eigenvalue weighted by atomic mass is 9.92. The summed E-state index contributed by atoms with van der Waals surface area (Å²) in [4.78, 5) is 23.1. The van der Waals surface area contributed by atoms with Crippen LogP contribution in [-0.2, 0) is 9.59 Å². The molecule has 1 fully saturated rings. The maximum atomic E-state index is 11.6. The molecule has 1 aliphatic carbocycles. The lowest BCUT2D eigenvalue weighted by molar-refractivity contribution is -0.123. The van der Waals surface area contributed by atoms with Gasteiger partial charge in [0.2, 0.25) is 11.8 Å². The normalized spacial score (nSPS) is 20.9. The van der Waals surface area contributed by atoms with Crippen molar-refractivity contribution in [2.24, 2.45) is 11.7 Å². The Labute approximate surface area is 117 Å². The van der Waals surface area contributed by atoms with Gasteiger partial charge in [0.1, 0.15) is 6.42 Å². The third kappa shape index (κ3) is 2.54. The van der Waals surface area contributed by atoms with Gasteiger partial charge >= 0.3 is 0 Å². The molecule has 1 heterocycles. The smallest absolute Gasteiger partial charge is 0.233 e. The van der Waals surface area contributed by atoms with Crippen molar-refractivity contribution < 1.29 is 9.59 Å². The number of rotatable bonds is 2. The molecule has 1 aromatic carbocycles. The molecular formula is C15H19N3O2.